The summed E-state index contributed by atoms with van der Waals surface area (Å²) < 4.78 is 41.7. The summed E-state index contributed by atoms with van der Waals surface area (Å²) in [4.78, 5) is 7.96. The van der Waals surface area contributed by atoms with Gasteiger partial charge in [-0.2, -0.15) is 5.10 Å². The third-order valence-electron chi connectivity index (χ3n) is 2.80. The molecule has 2 aromatic heterocycles. The van der Waals surface area contributed by atoms with E-state index in [-0.39, 0.29) is 5.75 Å². The molecule has 5 nitrogen and oxygen atoms in total. The van der Waals surface area contributed by atoms with E-state index in [0.717, 1.165) is 0 Å². The van der Waals surface area contributed by atoms with Gasteiger partial charge in [-0.25, -0.2) is 14.6 Å². The molecule has 1 aromatic carbocycles. The minimum absolute atomic E-state index is 0.292. The lowest BCUT2D eigenvalue weighted by atomic mass is 10.3. The van der Waals surface area contributed by atoms with Crippen LogP contribution in [0.15, 0.2) is 55.1 Å². The van der Waals surface area contributed by atoms with E-state index in [0.29, 0.717) is 17.1 Å². The number of benzene rings is 1. The molecule has 0 atom stereocenters. The summed E-state index contributed by atoms with van der Waals surface area (Å²) in [5.74, 6) is 5.75. The third-order valence-corrected chi connectivity index (χ3v) is 2.80. The number of rotatable bonds is 2. The molecule has 0 amide bonds. The van der Waals surface area contributed by atoms with Crippen molar-refractivity contribution in [3.8, 4) is 23.3 Å². The molecule has 3 aromatic rings. The van der Waals surface area contributed by atoms with Crippen molar-refractivity contribution in [1.82, 2.24) is 19.7 Å². The van der Waals surface area contributed by atoms with Gasteiger partial charge < -0.3 is 4.74 Å². The number of nitrogens with zero attached hydrogens (tertiary/aromatic N) is 4. The molecule has 0 spiro atoms. The molecular weight excluding hydrogens is 321 g/mol. The van der Waals surface area contributed by atoms with E-state index in [1.54, 1.807) is 24.7 Å². The number of halogens is 3. The predicted octanol–water partition coefficient (Wildman–Crippen LogP) is 2.96. The Balaban J connectivity index is 1.75. The number of hydrogen-bond acceptors (Lipinski definition) is 4. The van der Waals surface area contributed by atoms with E-state index in [9.17, 15) is 13.2 Å². The Labute approximate surface area is 134 Å². The molecule has 0 fully saturated rings. The van der Waals surface area contributed by atoms with Crippen molar-refractivity contribution in [3.63, 3.8) is 0 Å². The predicted molar refractivity (Wildman–Crippen MR) is 78.3 cm³/mol. The average molecular weight is 330 g/mol. The summed E-state index contributed by atoms with van der Waals surface area (Å²) in [6.07, 6.45) is 1.65. The van der Waals surface area contributed by atoms with Crippen LogP contribution < -0.4 is 4.74 Å². The summed E-state index contributed by atoms with van der Waals surface area (Å²) in [5.41, 5.74) is 1.20. The minimum atomic E-state index is -4.71. The van der Waals surface area contributed by atoms with Gasteiger partial charge in [0, 0.05) is 18.6 Å². The van der Waals surface area contributed by atoms with Crippen LogP contribution in [-0.2, 0) is 0 Å². The zero-order chi connectivity index (χ0) is 17.0. The monoisotopic (exact) mass is 330 g/mol. The fourth-order valence-corrected chi connectivity index (χ4v) is 1.82. The first-order valence-corrected chi connectivity index (χ1v) is 6.69. The summed E-state index contributed by atoms with van der Waals surface area (Å²) in [5, 5.41) is 4.11. The number of hydrogen-bond donors (Lipinski definition) is 0. The molecule has 0 aliphatic rings. The van der Waals surface area contributed by atoms with Gasteiger partial charge in [0.1, 0.15) is 5.75 Å². The van der Waals surface area contributed by atoms with Crippen LogP contribution in [-0.4, -0.2) is 26.1 Å². The lowest BCUT2D eigenvalue weighted by Crippen LogP contribution is -2.17. The molecule has 0 radical (unpaired) electrons. The Hall–Kier alpha value is -3.34. The molecule has 24 heavy (non-hydrogen) atoms. The molecule has 0 bridgehead atoms. The Kier molecular flexibility index (Phi) is 4.16. The molecule has 0 unspecified atom stereocenters. The highest BCUT2D eigenvalue weighted by molar-refractivity contribution is 5.40. The van der Waals surface area contributed by atoms with Crippen LogP contribution in [0, 0.1) is 11.8 Å². The Morgan fingerprint density at radius 2 is 1.71 bits per heavy atom. The normalized spacial score (nSPS) is 10.8. The van der Waals surface area contributed by atoms with Crippen LogP contribution in [0.25, 0.3) is 5.69 Å². The number of ether oxygens (including phenoxy) is 1. The molecular formula is C16H9F3N4O. The first-order chi connectivity index (χ1) is 11.5. The topological polar surface area (TPSA) is 52.8 Å². The summed E-state index contributed by atoms with van der Waals surface area (Å²) in [7, 11) is 0. The van der Waals surface area contributed by atoms with Crippen LogP contribution in [0.1, 0.15) is 11.4 Å². The van der Waals surface area contributed by atoms with E-state index in [2.05, 4.69) is 31.6 Å². The summed E-state index contributed by atoms with van der Waals surface area (Å²) >= 11 is 0. The SMILES string of the molecule is FC(F)(F)Oc1ccc(-n2cc(C#Cc3ncccn3)cn2)cc1. The van der Waals surface area contributed by atoms with E-state index in [1.165, 1.54) is 35.1 Å². The van der Waals surface area contributed by atoms with Gasteiger partial charge >= 0.3 is 6.36 Å². The summed E-state index contributed by atoms with van der Waals surface area (Å²) in [6.45, 7) is 0. The fourth-order valence-electron chi connectivity index (χ4n) is 1.82. The van der Waals surface area contributed by atoms with Gasteiger partial charge in [0.2, 0.25) is 5.82 Å². The molecule has 0 saturated carbocycles. The highest BCUT2D eigenvalue weighted by Gasteiger charge is 2.30. The standard InChI is InChI=1S/C16H9F3N4O/c17-16(18,19)24-14-5-3-13(4-6-14)23-11-12(10-22-23)2-7-15-20-8-1-9-21-15/h1,3-6,8-11H. The van der Waals surface area contributed by atoms with Gasteiger partial charge in [-0.1, -0.05) is 5.92 Å². The highest BCUT2D eigenvalue weighted by Crippen LogP contribution is 2.23. The van der Waals surface area contributed by atoms with Crippen molar-refractivity contribution < 1.29 is 17.9 Å². The van der Waals surface area contributed by atoms with Crippen molar-refractivity contribution in [2.24, 2.45) is 0 Å². The second kappa shape index (κ2) is 6.42. The molecule has 120 valence electrons. The van der Waals surface area contributed by atoms with Crippen molar-refractivity contribution in [2.45, 2.75) is 6.36 Å². The third kappa shape index (κ3) is 4.10. The second-order valence-electron chi connectivity index (χ2n) is 4.54. The van der Waals surface area contributed by atoms with Crippen LogP contribution in [0.5, 0.6) is 5.75 Å². The minimum Gasteiger partial charge on any atom is -0.406 e. The zero-order valence-electron chi connectivity index (χ0n) is 12.0. The van der Waals surface area contributed by atoms with Gasteiger partial charge in [-0.3, -0.25) is 0 Å². The second-order valence-corrected chi connectivity index (χ2v) is 4.54. The van der Waals surface area contributed by atoms with Crippen molar-refractivity contribution in [2.75, 3.05) is 0 Å². The molecule has 2 heterocycles. The smallest absolute Gasteiger partial charge is 0.406 e. The van der Waals surface area contributed by atoms with E-state index < -0.39 is 6.36 Å². The molecule has 0 N–H and O–H groups in total. The van der Waals surface area contributed by atoms with Gasteiger partial charge in [0.05, 0.1) is 17.4 Å². The maximum Gasteiger partial charge on any atom is 0.573 e. The molecule has 3 rings (SSSR count). The lowest BCUT2D eigenvalue weighted by molar-refractivity contribution is -0.274. The highest BCUT2D eigenvalue weighted by atomic mass is 19.4. The first-order valence-electron chi connectivity index (χ1n) is 6.69. The summed E-state index contributed by atoms with van der Waals surface area (Å²) in [6, 6.07) is 7.05. The maximum atomic E-state index is 12.1. The quantitative estimate of drug-likeness (QED) is 0.678. The van der Waals surface area contributed by atoms with Gasteiger partial charge in [0.25, 0.3) is 0 Å². The maximum absolute atomic E-state index is 12.1. The Morgan fingerprint density at radius 1 is 1.00 bits per heavy atom. The molecule has 8 heteroatoms. The average Bonchev–Trinajstić information content (AvgIpc) is 3.02. The molecule has 0 saturated heterocycles. The van der Waals surface area contributed by atoms with E-state index >= 15 is 0 Å². The fraction of sp³-hybridized carbons (Fsp3) is 0.0625. The Morgan fingerprint density at radius 3 is 2.38 bits per heavy atom. The van der Waals surface area contributed by atoms with Crippen molar-refractivity contribution in [3.05, 3.63) is 66.5 Å². The van der Waals surface area contributed by atoms with E-state index in [4.69, 9.17) is 0 Å². The van der Waals surface area contributed by atoms with Crippen molar-refractivity contribution >= 4 is 0 Å². The van der Waals surface area contributed by atoms with Crippen LogP contribution in [0.2, 0.25) is 0 Å². The van der Waals surface area contributed by atoms with Gasteiger partial charge in [-0.05, 0) is 36.3 Å². The number of aromatic nitrogens is 4. The Bertz CT molecular complexity index is 877. The first kappa shape index (κ1) is 15.6. The largest absolute Gasteiger partial charge is 0.573 e. The van der Waals surface area contributed by atoms with Crippen LogP contribution >= 0.6 is 0 Å². The van der Waals surface area contributed by atoms with Crippen molar-refractivity contribution in [1.29, 1.82) is 0 Å². The van der Waals surface area contributed by atoms with Gasteiger partial charge in [-0.15, -0.1) is 13.2 Å². The van der Waals surface area contributed by atoms with Crippen LogP contribution in [0.3, 0.4) is 0 Å². The molecule has 0 aliphatic heterocycles. The van der Waals surface area contributed by atoms with E-state index in [1.807, 2.05) is 0 Å². The lowest BCUT2D eigenvalue weighted by Gasteiger charge is -2.09. The number of alkyl halides is 3. The molecule has 0 aliphatic carbocycles. The zero-order valence-corrected chi connectivity index (χ0v) is 12.0. The van der Waals surface area contributed by atoms with Gasteiger partial charge in [0.15, 0.2) is 0 Å². The van der Waals surface area contributed by atoms with Crippen LogP contribution in [0.4, 0.5) is 13.2 Å².